The van der Waals surface area contributed by atoms with E-state index in [0.29, 0.717) is 30.2 Å². The molecule has 2 rings (SSSR count). The number of hydrogen-bond donors (Lipinski definition) is 2. The van der Waals surface area contributed by atoms with E-state index in [0.717, 1.165) is 5.56 Å². The second-order valence-corrected chi connectivity index (χ2v) is 4.27. The molecule has 0 aliphatic heterocycles. The van der Waals surface area contributed by atoms with Gasteiger partial charge in [-0.25, -0.2) is 4.98 Å². The van der Waals surface area contributed by atoms with Crippen molar-refractivity contribution in [3.05, 3.63) is 51.6 Å². The third-order valence-electron chi connectivity index (χ3n) is 2.63. The molecule has 19 heavy (non-hydrogen) atoms. The number of aromatic nitrogens is 2. The Morgan fingerprint density at radius 1 is 1.47 bits per heavy atom. The van der Waals surface area contributed by atoms with E-state index in [1.807, 2.05) is 0 Å². The number of aryl methyl sites for hydroxylation is 2. The van der Waals surface area contributed by atoms with Gasteiger partial charge in [-0.05, 0) is 19.9 Å². The Hall–Kier alpha value is -2.37. The van der Waals surface area contributed by atoms with Crippen molar-refractivity contribution < 1.29 is 9.21 Å². The zero-order valence-electron chi connectivity index (χ0n) is 10.8. The summed E-state index contributed by atoms with van der Waals surface area (Å²) >= 11 is 0. The molecule has 6 nitrogen and oxygen atoms in total. The Labute approximate surface area is 109 Å². The minimum absolute atomic E-state index is 0.185. The van der Waals surface area contributed by atoms with Gasteiger partial charge in [-0.2, -0.15) is 0 Å². The molecule has 0 atom stereocenters. The lowest BCUT2D eigenvalue weighted by molar-refractivity contribution is 0.0925. The quantitative estimate of drug-likeness (QED) is 0.857. The number of carbonyl (C=O) groups excluding carboxylic acids is 1. The van der Waals surface area contributed by atoms with E-state index in [2.05, 4.69) is 15.3 Å². The van der Waals surface area contributed by atoms with Crippen molar-refractivity contribution in [3.8, 4) is 0 Å². The van der Waals surface area contributed by atoms with Crippen molar-refractivity contribution in [1.82, 2.24) is 15.3 Å². The molecule has 2 N–H and O–H groups in total. The van der Waals surface area contributed by atoms with Crippen molar-refractivity contribution in [2.75, 3.05) is 6.54 Å². The first-order valence-corrected chi connectivity index (χ1v) is 5.95. The van der Waals surface area contributed by atoms with Crippen LogP contribution in [0.2, 0.25) is 0 Å². The molecule has 2 aromatic rings. The summed E-state index contributed by atoms with van der Waals surface area (Å²) in [5.74, 6) is 0.602. The average molecular weight is 261 g/mol. The van der Waals surface area contributed by atoms with E-state index in [1.54, 1.807) is 19.9 Å². The van der Waals surface area contributed by atoms with Crippen LogP contribution in [-0.4, -0.2) is 22.4 Å². The number of rotatable bonds is 4. The van der Waals surface area contributed by atoms with E-state index >= 15 is 0 Å². The molecule has 100 valence electrons. The highest BCUT2D eigenvalue weighted by molar-refractivity contribution is 5.92. The molecule has 0 aromatic carbocycles. The molecule has 0 aliphatic carbocycles. The predicted molar refractivity (Wildman–Crippen MR) is 69.1 cm³/mol. The normalized spacial score (nSPS) is 10.4. The molecule has 0 unspecified atom stereocenters. The summed E-state index contributed by atoms with van der Waals surface area (Å²) in [6, 6.07) is 3.16. The van der Waals surface area contributed by atoms with Crippen molar-refractivity contribution >= 4 is 5.91 Å². The fourth-order valence-electron chi connectivity index (χ4n) is 1.74. The fraction of sp³-hybridized carbons (Fsp3) is 0.308. The third kappa shape index (κ3) is 3.31. The van der Waals surface area contributed by atoms with E-state index in [-0.39, 0.29) is 11.5 Å². The highest BCUT2D eigenvalue weighted by atomic mass is 16.3. The van der Waals surface area contributed by atoms with Crippen LogP contribution in [0.25, 0.3) is 0 Å². The van der Waals surface area contributed by atoms with Crippen molar-refractivity contribution in [2.24, 2.45) is 0 Å². The highest BCUT2D eigenvalue weighted by Gasteiger charge is 2.11. The number of H-pyrrole nitrogens is 1. The van der Waals surface area contributed by atoms with Gasteiger partial charge in [-0.1, -0.05) is 0 Å². The van der Waals surface area contributed by atoms with Crippen LogP contribution in [0.5, 0.6) is 0 Å². The van der Waals surface area contributed by atoms with Gasteiger partial charge in [-0.15, -0.1) is 0 Å². The first kappa shape index (κ1) is 13.1. The van der Waals surface area contributed by atoms with Crippen molar-refractivity contribution in [3.63, 3.8) is 0 Å². The molecule has 0 fully saturated rings. The topological polar surface area (TPSA) is 88.0 Å². The van der Waals surface area contributed by atoms with E-state index in [1.165, 1.54) is 12.3 Å². The second-order valence-electron chi connectivity index (χ2n) is 4.27. The van der Waals surface area contributed by atoms with Crippen LogP contribution in [0.3, 0.4) is 0 Å². The summed E-state index contributed by atoms with van der Waals surface area (Å²) in [6.07, 6.45) is 1.94. The molecule has 0 aliphatic rings. The van der Waals surface area contributed by atoms with Crippen molar-refractivity contribution in [2.45, 2.75) is 20.3 Å². The molecular formula is C13H15N3O3. The maximum atomic E-state index is 11.8. The molecule has 0 saturated heterocycles. The summed E-state index contributed by atoms with van der Waals surface area (Å²) in [5.41, 5.74) is 1.27. The minimum atomic E-state index is -0.266. The molecule has 2 aromatic heterocycles. The van der Waals surface area contributed by atoms with Crippen LogP contribution in [-0.2, 0) is 6.42 Å². The second kappa shape index (κ2) is 5.51. The Balaban J connectivity index is 1.92. The zero-order valence-corrected chi connectivity index (χ0v) is 10.8. The van der Waals surface area contributed by atoms with Gasteiger partial charge in [0.05, 0.1) is 6.26 Å². The molecule has 0 radical (unpaired) electrons. The Morgan fingerprint density at radius 3 is 2.89 bits per heavy atom. The van der Waals surface area contributed by atoms with E-state index in [9.17, 15) is 9.59 Å². The summed E-state index contributed by atoms with van der Waals surface area (Å²) in [4.78, 5) is 29.8. The molecule has 6 heteroatoms. The summed E-state index contributed by atoms with van der Waals surface area (Å²) in [6.45, 7) is 3.94. The third-order valence-corrected chi connectivity index (χ3v) is 2.63. The van der Waals surface area contributed by atoms with Gasteiger partial charge < -0.3 is 14.7 Å². The van der Waals surface area contributed by atoms with Crippen LogP contribution in [0.1, 0.15) is 27.6 Å². The van der Waals surface area contributed by atoms with Gasteiger partial charge in [-0.3, -0.25) is 9.59 Å². The summed E-state index contributed by atoms with van der Waals surface area (Å²) < 4.78 is 5.08. The maximum absolute atomic E-state index is 11.8. The van der Waals surface area contributed by atoms with Crippen molar-refractivity contribution in [1.29, 1.82) is 0 Å². The molecule has 0 saturated carbocycles. The van der Waals surface area contributed by atoms with Crippen LogP contribution in [0.4, 0.5) is 0 Å². The molecule has 0 spiro atoms. The lowest BCUT2D eigenvalue weighted by Crippen LogP contribution is -2.27. The largest absolute Gasteiger partial charge is 0.459 e. The van der Waals surface area contributed by atoms with E-state index < -0.39 is 0 Å². The number of furan rings is 1. The number of nitrogens with one attached hydrogen (secondary N) is 2. The first-order valence-electron chi connectivity index (χ1n) is 5.95. The zero-order chi connectivity index (χ0) is 13.8. The standard InChI is InChI=1S/C13H15N3O3/c1-8-4-6-19-12(8)13(18)14-5-3-10-15-9(2)7-11(17)16-10/h4,6-7H,3,5H2,1-2H3,(H,14,18)(H,15,16,17). The highest BCUT2D eigenvalue weighted by Crippen LogP contribution is 2.07. The Kier molecular flexibility index (Phi) is 3.79. The van der Waals surface area contributed by atoms with Gasteiger partial charge >= 0.3 is 0 Å². The number of nitrogens with zero attached hydrogens (tertiary/aromatic N) is 1. The van der Waals surface area contributed by atoms with Crippen LogP contribution < -0.4 is 10.9 Å². The van der Waals surface area contributed by atoms with Gasteiger partial charge in [0, 0.05) is 30.3 Å². The molecule has 1 amide bonds. The Morgan fingerprint density at radius 2 is 2.26 bits per heavy atom. The van der Waals surface area contributed by atoms with Crippen LogP contribution in [0.15, 0.2) is 27.6 Å². The number of carbonyl (C=O) groups is 1. The van der Waals surface area contributed by atoms with Gasteiger partial charge in [0.25, 0.3) is 11.5 Å². The molecule has 0 bridgehead atoms. The number of amides is 1. The van der Waals surface area contributed by atoms with Crippen LogP contribution >= 0.6 is 0 Å². The smallest absolute Gasteiger partial charge is 0.287 e. The summed E-state index contributed by atoms with van der Waals surface area (Å²) in [7, 11) is 0. The molecular weight excluding hydrogens is 246 g/mol. The fourth-order valence-corrected chi connectivity index (χ4v) is 1.74. The van der Waals surface area contributed by atoms with Gasteiger partial charge in [0.15, 0.2) is 5.76 Å². The summed E-state index contributed by atoms with van der Waals surface area (Å²) in [5, 5.41) is 2.72. The maximum Gasteiger partial charge on any atom is 0.287 e. The predicted octanol–water partition coefficient (Wildman–Crippen LogP) is 0.952. The minimum Gasteiger partial charge on any atom is -0.459 e. The average Bonchev–Trinajstić information content (AvgIpc) is 2.74. The van der Waals surface area contributed by atoms with E-state index in [4.69, 9.17) is 4.42 Å². The number of aromatic amines is 1. The number of hydrogen-bond acceptors (Lipinski definition) is 4. The lowest BCUT2D eigenvalue weighted by atomic mass is 10.2. The Bertz CT molecular complexity index is 643. The first-order chi connectivity index (χ1) is 9.06. The lowest BCUT2D eigenvalue weighted by Gasteiger charge is -2.04. The van der Waals surface area contributed by atoms with Gasteiger partial charge in [0.2, 0.25) is 0 Å². The molecule has 2 heterocycles. The van der Waals surface area contributed by atoms with Crippen LogP contribution in [0, 0.1) is 13.8 Å². The van der Waals surface area contributed by atoms with Gasteiger partial charge in [0.1, 0.15) is 5.82 Å². The monoisotopic (exact) mass is 261 g/mol. The SMILES string of the molecule is Cc1cc(=O)[nH]c(CCNC(=O)c2occc2C)n1.